The number of likely N-dealkylation sites (tertiary alicyclic amines) is 1. The summed E-state index contributed by atoms with van der Waals surface area (Å²) >= 11 is 0. The molecule has 3 amide bonds. The zero-order valence-corrected chi connectivity index (χ0v) is 21.4. The first-order chi connectivity index (χ1) is 16.9. The van der Waals surface area contributed by atoms with Crippen molar-refractivity contribution >= 4 is 11.9 Å². The van der Waals surface area contributed by atoms with Crippen LogP contribution in [-0.4, -0.2) is 92.5 Å². The number of nitrogens with zero attached hydrogens (tertiary/aromatic N) is 3. The molecule has 3 fully saturated rings. The molecule has 4 atom stereocenters. The molecule has 8 heteroatoms. The van der Waals surface area contributed by atoms with Crippen molar-refractivity contribution in [3.8, 4) is 0 Å². The van der Waals surface area contributed by atoms with Gasteiger partial charge in [-0.2, -0.15) is 0 Å². The maximum atomic E-state index is 14.1. The van der Waals surface area contributed by atoms with Crippen LogP contribution in [0.4, 0.5) is 4.79 Å². The van der Waals surface area contributed by atoms with Crippen LogP contribution in [0.2, 0.25) is 0 Å². The number of benzene rings is 1. The lowest BCUT2D eigenvalue weighted by Crippen LogP contribution is -2.57. The summed E-state index contributed by atoms with van der Waals surface area (Å²) in [4.78, 5) is 33.5. The van der Waals surface area contributed by atoms with Gasteiger partial charge in [0.1, 0.15) is 0 Å². The van der Waals surface area contributed by atoms with Crippen LogP contribution in [0.3, 0.4) is 0 Å². The first-order valence-corrected chi connectivity index (χ1v) is 13.2. The molecular weight excluding hydrogens is 444 g/mol. The van der Waals surface area contributed by atoms with Crippen molar-refractivity contribution < 1.29 is 19.1 Å². The van der Waals surface area contributed by atoms with Crippen molar-refractivity contribution in [1.29, 1.82) is 0 Å². The zero-order valence-electron chi connectivity index (χ0n) is 21.4. The molecule has 1 aromatic rings. The number of likely N-dealkylation sites (N-methyl/N-ethyl adjacent to an activating group) is 1. The molecule has 192 valence electrons. The Morgan fingerprint density at radius 1 is 1.17 bits per heavy atom. The molecule has 1 N–H and O–H groups in total. The normalized spacial score (nSPS) is 29.7. The Morgan fingerprint density at radius 2 is 1.94 bits per heavy atom. The van der Waals surface area contributed by atoms with Gasteiger partial charge < -0.3 is 24.6 Å². The van der Waals surface area contributed by atoms with E-state index >= 15 is 0 Å². The van der Waals surface area contributed by atoms with Crippen molar-refractivity contribution in [1.82, 2.24) is 20.0 Å². The molecule has 2 saturated heterocycles. The Bertz CT molecular complexity index is 932. The highest BCUT2D eigenvalue weighted by atomic mass is 16.7. The molecule has 2 aliphatic heterocycles. The topological polar surface area (TPSA) is 74.4 Å². The fraction of sp³-hybridized carbons (Fsp3) is 0.704. The second-order valence-electron chi connectivity index (χ2n) is 11.0. The van der Waals surface area contributed by atoms with Crippen molar-refractivity contribution in [2.24, 2.45) is 11.8 Å². The van der Waals surface area contributed by atoms with Gasteiger partial charge in [-0.15, -0.1) is 0 Å². The molecule has 1 spiro atoms. The number of aryl methyl sites for hydroxylation is 1. The summed E-state index contributed by atoms with van der Waals surface area (Å²) in [5.41, 5.74) is 2.34. The van der Waals surface area contributed by atoms with Gasteiger partial charge >= 0.3 is 6.03 Å². The van der Waals surface area contributed by atoms with E-state index in [1.807, 2.05) is 31.1 Å². The average Bonchev–Trinajstić information content (AvgIpc) is 3.46. The number of rotatable bonds is 5. The van der Waals surface area contributed by atoms with Crippen LogP contribution in [-0.2, 0) is 20.7 Å². The van der Waals surface area contributed by atoms with Gasteiger partial charge in [0, 0.05) is 38.5 Å². The summed E-state index contributed by atoms with van der Waals surface area (Å²) in [5, 5.41) is 3.02. The van der Waals surface area contributed by atoms with Gasteiger partial charge in [-0.05, 0) is 63.9 Å². The standard InChI is InChI=1S/C27H40N4O4/c1-29(2)13-12-28-26(33)31(24-9-8-19-6-4-5-7-22(19)24)25(32)21-16-20-17-27(34-14-15-35-27)11-10-23(20)30(3)18-21/h4-7,20-21,23-24H,8-18H2,1-3H3,(H,28,33)/t20-,21-,23-,24+/m1/s1. The highest BCUT2D eigenvalue weighted by molar-refractivity contribution is 5.96. The predicted molar refractivity (Wildman–Crippen MR) is 133 cm³/mol. The molecule has 0 unspecified atom stereocenters. The van der Waals surface area contributed by atoms with E-state index in [-0.39, 0.29) is 23.9 Å². The number of imide groups is 1. The van der Waals surface area contributed by atoms with Gasteiger partial charge in [-0.1, -0.05) is 24.3 Å². The minimum Gasteiger partial charge on any atom is -0.348 e. The number of carbonyl (C=O) groups excluding carboxylic acids is 2. The van der Waals surface area contributed by atoms with Gasteiger partial charge in [-0.3, -0.25) is 9.69 Å². The molecule has 0 aromatic heterocycles. The van der Waals surface area contributed by atoms with E-state index in [9.17, 15) is 9.59 Å². The van der Waals surface area contributed by atoms with Crippen molar-refractivity contribution in [3.63, 3.8) is 0 Å². The lowest BCUT2D eigenvalue weighted by atomic mass is 9.72. The maximum Gasteiger partial charge on any atom is 0.324 e. The van der Waals surface area contributed by atoms with Crippen molar-refractivity contribution in [2.75, 3.05) is 54.0 Å². The van der Waals surface area contributed by atoms with E-state index in [4.69, 9.17) is 9.47 Å². The van der Waals surface area contributed by atoms with Gasteiger partial charge in [0.2, 0.25) is 5.91 Å². The quantitative estimate of drug-likeness (QED) is 0.693. The third-order valence-electron chi connectivity index (χ3n) is 8.47. The van der Waals surface area contributed by atoms with Crippen molar-refractivity contribution in [2.45, 2.75) is 56.4 Å². The minimum atomic E-state index is -0.472. The second-order valence-corrected chi connectivity index (χ2v) is 11.0. The summed E-state index contributed by atoms with van der Waals surface area (Å²) in [6.45, 7) is 3.23. The van der Waals surface area contributed by atoms with Gasteiger partial charge in [0.25, 0.3) is 0 Å². The van der Waals surface area contributed by atoms with Gasteiger partial charge in [0.15, 0.2) is 5.79 Å². The first-order valence-electron chi connectivity index (χ1n) is 13.2. The van der Waals surface area contributed by atoms with Gasteiger partial charge in [-0.25, -0.2) is 4.79 Å². The molecule has 35 heavy (non-hydrogen) atoms. The third-order valence-corrected chi connectivity index (χ3v) is 8.47. The van der Waals surface area contributed by atoms with Crippen LogP contribution < -0.4 is 5.32 Å². The smallest absolute Gasteiger partial charge is 0.324 e. The number of hydrogen-bond acceptors (Lipinski definition) is 6. The van der Waals surface area contributed by atoms with Crippen LogP contribution in [0.1, 0.15) is 49.3 Å². The van der Waals surface area contributed by atoms with Crippen LogP contribution in [0.25, 0.3) is 0 Å². The lowest BCUT2D eigenvalue weighted by molar-refractivity contribution is -0.202. The number of urea groups is 1. The summed E-state index contributed by atoms with van der Waals surface area (Å²) in [5.74, 6) is -0.415. The average molecular weight is 485 g/mol. The molecule has 5 rings (SSSR count). The van der Waals surface area contributed by atoms with E-state index in [0.29, 0.717) is 38.3 Å². The Kier molecular flexibility index (Phi) is 7.17. The highest BCUT2D eigenvalue weighted by Gasteiger charge is 2.50. The molecule has 4 aliphatic rings. The summed E-state index contributed by atoms with van der Waals surface area (Å²) in [6, 6.07) is 8.18. The largest absolute Gasteiger partial charge is 0.348 e. The number of carbonyl (C=O) groups is 2. The summed E-state index contributed by atoms with van der Waals surface area (Å²) < 4.78 is 12.1. The molecule has 2 heterocycles. The minimum absolute atomic E-state index is 0.0489. The third kappa shape index (κ3) is 4.99. The Hall–Kier alpha value is -2.00. The monoisotopic (exact) mass is 484 g/mol. The summed E-state index contributed by atoms with van der Waals surface area (Å²) in [7, 11) is 6.08. The van der Waals surface area contributed by atoms with Crippen LogP contribution >= 0.6 is 0 Å². The molecule has 8 nitrogen and oxygen atoms in total. The molecule has 1 aromatic carbocycles. The number of fused-ring (bicyclic) bond motifs is 2. The molecule has 0 radical (unpaired) electrons. The molecule has 1 saturated carbocycles. The molecule has 2 aliphatic carbocycles. The summed E-state index contributed by atoms with van der Waals surface area (Å²) in [6.07, 6.45) is 5.21. The SMILES string of the molecule is CN(C)CCNC(=O)N(C(=O)[C@@H]1C[C@@H]2CC3(CC[C@H]2N(C)C1)OCCO3)[C@H]1CCc2ccccc21. The highest BCUT2D eigenvalue weighted by Crippen LogP contribution is 2.46. The maximum absolute atomic E-state index is 14.1. The molecule has 0 bridgehead atoms. The van der Waals surface area contributed by atoms with Crippen LogP contribution in [0, 0.1) is 11.8 Å². The molecular formula is C27H40N4O4. The Morgan fingerprint density at radius 3 is 2.71 bits per heavy atom. The number of ether oxygens (including phenoxy) is 2. The number of hydrogen-bond donors (Lipinski definition) is 1. The first kappa shape index (κ1) is 24.7. The van der Waals surface area contributed by atoms with E-state index in [0.717, 1.165) is 50.6 Å². The number of piperidine rings is 1. The van der Waals surface area contributed by atoms with E-state index < -0.39 is 5.79 Å². The van der Waals surface area contributed by atoms with E-state index in [1.165, 1.54) is 5.56 Å². The van der Waals surface area contributed by atoms with Crippen LogP contribution in [0.15, 0.2) is 24.3 Å². The van der Waals surface area contributed by atoms with E-state index in [2.05, 4.69) is 29.4 Å². The van der Waals surface area contributed by atoms with Crippen LogP contribution in [0.5, 0.6) is 0 Å². The lowest BCUT2D eigenvalue weighted by Gasteiger charge is -2.49. The predicted octanol–water partition coefficient (Wildman–Crippen LogP) is 2.64. The number of nitrogens with one attached hydrogen (secondary N) is 1. The van der Waals surface area contributed by atoms with Gasteiger partial charge in [0.05, 0.1) is 25.2 Å². The van der Waals surface area contributed by atoms with Crippen molar-refractivity contribution in [3.05, 3.63) is 35.4 Å². The second kappa shape index (κ2) is 10.2. The Labute approximate surface area is 208 Å². The fourth-order valence-corrected chi connectivity index (χ4v) is 6.79. The van der Waals surface area contributed by atoms with E-state index in [1.54, 1.807) is 4.90 Å². The fourth-order valence-electron chi connectivity index (χ4n) is 6.79. The zero-order chi connectivity index (χ0) is 24.6. The Balaban J connectivity index is 1.36. The number of amides is 3.